The van der Waals surface area contributed by atoms with Crippen LogP contribution in [0.1, 0.15) is 75.7 Å². The third kappa shape index (κ3) is 5.31. The standard InChI is InChI=1S/C23H33N3O3/c1-15-13-18(26(25-15)23(2,3)4)9-12-22(29)24-17-7-5-16(6-8-17)20-11-10-19(27)14-21(20)28/h10-11,13-14,16-17,27-28H,5-9,12H2,1-4H3,(H,24,29). The second-order valence-electron chi connectivity index (χ2n) is 9.22. The molecule has 6 nitrogen and oxygen atoms in total. The first kappa shape index (κ1) is 21.2. The van der Waals surface area contributed by atoms with Crippen molar-refractivity contribution in [1.29, 1.82) is 0 Å². The van der Waals surface area contributed by atoms with Gasteiger partial charge in [-0.15, -0.1) is 0 Å². The van der Waals surface area contributed by atoms with Crippen molar-refractivity contribution in [3.05, 3.63) is 41.2 Å². The summed E-state index contributed by atoms with van der Waals surface area (Å²) < 4.78 is 2.02. The Balaban J connectivity index is 1.49. The molecule has 1 aliphatic rings. The lowest BCUT2D eigenvalue weighted by Crippen LogP contribution is -2.37. The molecule has 0 atom stereocenters. The SMILES string of the molecule is Cc1cc(CCC(=O)NC2CCC(c3ccc(O)cc3O)CC2)n(C(C)(C)C)n1. The summed E-state index contributed by atoms with van der Waals surface area (Å²) in [6.07, 6.45) is 4.77. The van der Waals surface area contributed by atoms with Crippen LogP contribution in [0.15, 0.2) is 24.3 Å². The van der Waals surface area contributed by atoms with Gasteiger partial charge in [0.25, 0.3) is 0 Å². The zero-order valence-electron chi connectivity index (χ0n) is 17.9. The maximum absolute atomic E-state index is 12.5. The number of aryl methyl sites for hydroxylation is 2. The highest BCUT2D eigenvalue weighted by atomic mass is 16.3. The molecule has 0 saturated heterocycles. The van der Waals surface area contributed by atoms with Crippen molar-refractivity contribution in [3.8, 4) is 11.5 Å². The number of aromatic hydroxyl groups is 2. The van der Waals surface area contributed by atoms with E-state index in [1.54, 1.807) is 12.1 Å². The van der Waals surface area contributed by atoms with E-state index >= 15 is 0 Å². The Morgan fingerprint density at radius 2 is 1.86 bits per heavy atom. The van der Waals surface area contributed by atoms with Crippen LogP contribution in [-0.2, 0) is 16.8 Å². The van der Waals surface area contributed by atoms with Gasteiger partial charge in [-0.25, -0.2) is 0 Å². The number of hydrogen-bond acceptors (Lipinski definition) is 4. The average Bonchev–Trinajstić information content (AvgIpc) is 3.02. The Morgan fingerprint density at radius 3 is 2.48 bits per heavy atom. The number of aromatic nitrogens is 2. The number of carbonyl (C=O) groups excluding carboxylic acids is 1. The molecule has 0 spiro atoms. The molecular weight excluding hydrogens is 366 g/mol. The van der Waals surface area contributed by atoms with Crippen LogP contribution in [0, 0.1) is 6.92 Å². The highest BCUT2D eigenvalue weighted by molar-refractivity contribution is 5.76. The number of amides is 1. The van der Waals surface area contributed by atoms with Crippen molar-refractivity contribution in [2.24, 2.45) is 0 Å². The monoisotopic (exact) mass is 399 g/mol. The van der Waals surface area contributed by atoms with Gasteiger partial charge >= 0.3 is 0 Å². The maximum Gasteiger partial charge on any atom is 0.220 e. The Morgan fingerprint density at radius 1 is 1.17 bits per heavy atom. The zero-order chi connectivity index (χ0) is 21.2. The van der Waals surface area contributed by atoms with Gasteiger partial charge in [0.2, 0.25) is 5.91 Å². The minimum absolute atomic E-state index is 0.0789. The number of phenolic OH excluding ortho intramolecular Hbond substituents is 2. The summed E-state index contributed by atoms with van der Waals surface area (Å²) in [6.45, 7) is 8.34. The molecule has 1 amide bonds. The van der Waals surface area contributed by atoms with E-state index in [1.165, 1.54) is 6.07 Å². The number of nitrogens with one attached hydrogen (secondary N) is 1. The van der Waals surface area contributed by atoms with Crippen molar-refractivity contribution in [2.75, 3.05) is 0 Å². The summed E-state index contributed by atoms with van der Waals surface area (Å²) in [6, 6.07) is 7.06. The van der Waals surface area contributed by atoms with Gasteiger partial charge in [-0.05, 0) is 83.4 Å². The lowest BCUT2D eigenvalue weighted by Gasteiger charge is -2.30. The van der Waals surface area contributed by atoms with Crippen LogP contribution in [0.3, 0.4) is 0 Å². The molecule has 1 aromatic heterocycles. The summed E-state index contributed by atoms with van der Waals surface area (Å²) in [5.41, 5.74) is 2.86. The molecule has 29 heavy (non-hydrogen) atoms. The van der Waals surface area contributed by atoms with Gasteiger partial charge in [-0.3, -0.25) is 9.48 Å². The number of phenols is 2. The summed E-state index contributed by atoms with van der Waals surface area (Å²) in [5, 5.41) is 27.3. The quantitative estimate of drug-likeness (QED) is 0.705. The third-order valence-electron chi connectivity index (χ3n) is 5.70. The molecule has 0 aliphatic heterocycles. The molecule has 1 aliphatic carbocycles. The van der Waals surface area contributed by atoms with Crippen molar-refractivity contribution in [1.82, 2.24) is 15.1 Å². The Hall–Kier alpha value is -2.50. The molecule has 1 aromatic carbocycles. The summed E-state index contributed by atoms with van der Waals surface area (Å²) in [4.78, 5) is 12.5. The van der Waals surface area contributed by atoms with E-state index in [0.29, 0.717) is 12.8 Å². The highest BCUT2D eigenvalue weighted by Crippen LogP contribution is 2.38. The Labute approximate surface area is 172 Å². The minimum Gasteiger partial charge on any atom is -0.508 e. The van der Waals surface area contributed by atoms with Gasteiger partial charge in [0.05, 0.1) is 11.2 Å². The topological polar surface area (TPSA) is 87.4 Å². The number of rotatable bonds is 5. The van der Waals surface area contributed by atoms with Gasteiger partial charge in [-0.1, -0.05) is 6.07 Å². The number of nitrogens with zero attached hydrogens (tertiary/aromatic N) is 2. The van der Waals surface area contributed by atoms with Crippen LogP contribution in [0.25, 0.3) is 0 Å². The van der Waals surface area contributed by atoms with Crippen molar-refractivity contribution < 1.29 is 15.0 Å². The van der Waals surface area contributed by atoms with Gasteiger partial charge < -0.3 is 15.5 Å². The fourth-order valence-electron chi connectivity index (χ4n) is 4.28. The summed E-state index contributed by atoms with van der Waals surface area (Å²) >= 11 is 0. The van der Waals surface area contributed by atoms with Crippen LogP contribution in [0.5, 0.6) is 11.5 Å². The lowest BCUT2D eigenvalue weighted by atomic mass is 9.81. The fraction of sp³-hybridized carbons (Fsp3) is 0.565. The highest BCUT2D eigenvalue weighted by Gasteiger charge is 2.25. The van der Waals surface area contributed by atoms with E-state index in [0.717, 1.165) is 42.6 Å². The Kier molecular flexibility index (Phi) is 6.20. The molecule has 1 heterocycles. The number of benzene rings is 1. The largest absolute Gasteiger partial charge is 0.508 e. The molecule has 0 radical (unpaired) electrons. The van der Waals surface area contributed by atoms with E-state index < -0.39 is 0 Å². The molecule has 3 rings (SSSR count). The van der Waals surface area contributed by atoms with Crippen LogP contribution in [0.4, 0.5) is 0 Å². The average molecular weight is 400 g/mol. The normalized spacial score (nSPS) is 19.9. The van der Waals surface area contributed by atoms with Gasteiger partial charge in [0, 0.05) is 24.2 Å². The predicted molar refractivity (Wildman–Crippen MR) is 113 cm³/mol. The summed E-state index contributed by atoms with van der Waals surface area (Å²) in [7, 11) is 0. The lowest BCUT2D eigenvalue weighted by molar-refractivity contribution is -0.122. The number of hydrogen-bond donors (Lipinski definition) is 3. The van der Waals surface area contributed by atoms with Gasteiger partial charge in [-0.2, -0.15) is 5.10 Å². The van der Waals surface area contributed by atoms with E-state index in [4.69, 9.17) is 0 Å². The van der Waals surface area contributed by atoms with Crippen molar-refractivity contribution in [3.63, 3.8) is 0 Å². The third-order valence-corrected chi connectivity index (χ3v) is 5.70. The van der Waals surface area contributed by atoms with Crippen molar-refractivity contribution >= 4 is 5.91 Å². The molecule has 3 N–H and O–H groups in total. The molecule has 1 saturated carbocycles. The van der Waals surface area contributed by atoms with Gasteiger partial charge in [0.15, 0.2) is 0 Å². The van der Waals surface area contributed by atoms with Gasteiger partial charge in [0.1, 0.15) is 11.5 Å². The first-order valence-electron chi connectivity index (χ1n) is 10.5. The molecule has 0 unspecified atom stereocenters. The van der Waals surface area contributed by atoms with E-state index in [1.807, 2.05) is 11.6 Å². The summed E-state index contributed by atoms with van der Waals surface area (Å²) in [5.74, 6) is 0.589. The van der Waals surface area contributed by atoms with E-state index in [2.05, 4.69) is 37.3 Å². The van der Waals surface area contributed by atoms with Crippen LogP contribution < -0.4 is 5.32 Å². The number of carbonyl (C=O) groups is 1. The zero-order valence-corrected chi connectivity index (χ0v) is 17.9. The Bertz CT molecular complexity index is 859. The predicted octanol–water partition coefficient (Wildman–Crippen LogP) is 4.13. The smallest absolute Gasteiger partial charge is 0.220 e. The van der Waals surface area contributed by atoms with Crippen LogP contribution in [0.2, 0.25) is 0 Å². The molecule has 0 bridgehead atoms. The van der Waals surface area contributed by atoms with Crippen LogP contribution >= 0.6 is 0 Å². The minimum atomic E-state index is -0.0990. The first-order valence-corrected chi connectivity index (χ1v) is 10.5. The van der Waals surface area contributed by atoms with E-state index in [-0.39, 0.29) is 34.9 Å². The van der Waals surface area contributed by atoms with E-state index in [9.17, 15) is 15.0 Å². The fourth-order valence-corrected chi connectivity index (χ4v) is 4.28. The molecule has 158 valence electrons. The molecule has 2 aromatic rings. The second-order valence-corrected chi connectivity index (χ2v) is 9.22. The second kappa shape index (κ2) is 8.47. The first-order chi connectivity index (χ1) is 13.6. The molecule has 1 fully saturated rings. The molecule has 6 heteroatoms. The van der Waals surface area contributed by atoms with Crippen molar-refractivity contribution in [2.45, 2.75) is 83.7 Å². The van der Waals surface area contributed by atoms with Crippen LogP contribution in [-0.4, -0.2) is 31.9 Å². The molecular formula is C23H33N3O3. The maximum atomic E-state index is 12.5.